The number of hydrogen-bond donors (Lipinski definition) is 1. The van der Waals surface area contributed by atoms with Crippen molar-refractivity contribution in [1.82, 2.24) is 9.55 Å². The standard InChI is InChI=1S/C15H18BrN3/c1-11-8-12(16)10-13(9-11)18-15-17-6-7-19(15)14-4-2-3-5-14/h6-10,14H,2-5H2,1H3,(H,17,18). The molecule has 3 nitrogen and oxygen atoms in total. The van der Waals surface area contributed by atoms with Gasteiger partial charge in [0.2, 0.25) is 5.95 Å². The van der Waals surface area contributed by atoms with Crippen LogP contribution in [0.4, 0.5) is 11.6 Å². The molecule has 3 rings (SSSR count). The summed E-state index contributed by atoms with van der Waals surface area (Å²) in [6.45, 7) is 2.10. The highest BCUT2D eigenvalue weighted by atomic mass is 79.9. The molecular formula is C15H18BrN3. The third kappa shape index (κ3) is 2.84. The Kier molecular flexibility index (Phi) is 3.60. The van der Waals surface area contributed by atoms with Gasteiger partial charge in [0, 0.05) is 28.6 Å². The lowest BCUT2D eigenvalue weighted by molar-refractivity contribution is 0.525. The molecule has 1 aliphatic carbocycles. The minimum atomic E-state index is 0.609. The number of aryl methyl sites for hydroxylation is 1. The molecular weight excluding hydrogens is 302 g/mol. The van der Waals surface area contributed by atoms with Gasteiger partial charge < -0.3 is 9.88 Å². The van der Waals surface area contributed by atoms with Crippen LogP contribution in [0.25, 0.3) is 0 Å². The molecule has 0 atom stereocenters. The van der Waals surface area contributed by atoms with Crippen LogP contribution in [0.5, 0.6) is 0 Å². The minimum absolute atomic E-state index is 0.609. The van der Waals surface area contributed by atoms with Gasteiger partial charge in [-0.1, -0.05) is 28.8 Å². The van der Waals surface area contributed by atoms with Crippen molar-refractivity contribution in [3.8, 4) is 0 Å². The number of rotatable bonds is 3. The van der Waals surface area contributed by atoms with Crippen LogP contribution in [-0.4, -0.2) is 9.55 Å². The van der Waals surface area contributed by atoms with Crippen molar-refractivity contribution in [3.63, 3.8) is 0 Å². The van der Waals surface area contributed by atoms with Crippen LogP contribution in [-0.2, 0) is 0 Å². The molecule has 1 heterocycles. The first-order chi connectivity index (χ1) is 9.22. The second-order valence-electron chi connectivity index (χ2n) is 5.24. The molecule has 19 heavy (non-hydrogen) atoms. The van der Waals surface area contributed by atoms with Crippen LogP contribution >= 0.6 is 15.9 Å². The van der Waals surface area contributed by atoms with E-state index in [4.69, 9.17) is 0 Å². The van der Waals surface area contributed by atoms with E-state index in [1.807, 2.05) is 6.20 Å². The summed E-state index contributed by atoms with van der Waals surface area (Å²) in [5, 5.41) is 3.43. The van der Waals surface area contributed by atoms with E-state index >= 15 is 0 Å². The smallest absolute Gasteiger partial charge is 0.207 e. The summed E-state index contributed by atoms with van der Waals surface area (Å²) in [5.74, 6) is 0.949. The summed E-state index contributed by atoms with van der Waals surface area (Å²) in [5.41, 5.74) is 2.31. The Morgan fingerprint density at radius 1 is 1.26 bits per heavy atom. The Morgan fingerprint density at radius 2 is 2.05 bits per heavy atom. The monoisotopic (exact) mass is 319 g/mol. The second kappa shape index (κ2) is 5.37. The van der Waals surface area contributed by atoms with Gasteiger partial charge in [0.05, 0.1) is 0 Å². The van der Waals surface area contributed by atoms with E-state index in [1.54, 1.807) is 0 Å². The van der Waals surface area contributed by atoms with Crippen LogP contribution < -0.4 is 5.32 Å². The SMILES string of the molecule is Cc1cc(Br)cc(Nc2nccn2C2CCCC2)c1. The predicted molar refractivity (Wildman–Crippen MR) is 81.9 cm³/mol. The molecule has 1 aromatic heterocycles. The van der Waals surface area contributed by atoms with E-state index in [-0.39, 0.29) is 0 Å². The van der Waals surface area contributed by atoms with Crippen molar-refractivity contribution >= 4 is 27.6 Å². The quantitative estimate of drug-likeness (QED) is 0.879. The van der Waals surface area contributed by atoms with Gasteiger partial charge in [-0.25, -0.2) is 4.98 Å². The van der Waals surface area contributed by atoms with Crippen LogP contribution in [0.1, 0.15) is 37.3 Å². The number of aromatic nitrogens is 2. The first-order valence-corrected chi connectivity index (χ1v) is 7.59. The van der Waals surface area contributed by atoms with E-state index in [9.17, 15) is 0 Å². The van der Waals surface area contributed by atoms with E-state index < -0.39 is 0 Å². The van der Waals surface area contributed by atoms with Crippen molar-refractivity contribution in [2.75, 3.05) is 5.32 Å². The highest BCUT2D eigenvalue weighted by molar-refractivity contribution is 9.10. The maximum atomic E-state index is 4.45. The molecule has 1 aromatic carbocycles. The Labute approximate surface area is 122 Å². The lowest BCUT2D eigenvalue weighted by atomic mass is 10.2. The van der Waals surface area contributed by atoms with Gasteiger partial charge in [-0.05, 0) is 43.5 Å². The summed E-state index contributed by atoms with van der Waals surface area (Å²) >= 11 is 3.53. The molecule has 4 heteroatoms. The molecule has 100 valence electrons. The molecule has 0 aliphatic heterocycles. The fraction of sp³-hybridized carbons (Fsp3) is 0.400. The zero-order chi connectivity index (χ0) is 13.2. The third-order valence-corrected chi connectivity index (χ3v) is 4.14. The highest BCUT2D eigenvalue weighted by Crippen LogP contribution is 2.32. The van der Waals surface area contributed by atoms with Gasteiger partial charge in [-0.3, -0.25) is 0 Å². The second-order valence-corrected chi connectivity index (χ2v) is 6.15. The fourth-order valence-corrected chi connectivity index (χ4v) is 3.43. The molecule has 1 aliphatic rings. The minimum Gasteiger partial charge on any atom is -0.326 e. The first-order valence-electron chi connectivity index (χ1n) is 6.79. The van der Waals surface area contributed by atoms with Gasteiger partial charge in [0.1, 0.15) is 0 Å². The lowest BCUT2D eigenvalue weighted by Crippen LogP contribution is -2.07. The number of halogens is 1. The van der Waals surface area contributed by atoms with E-state index in [2.05, 4.69) is 62.1 Å². The summed E-state index contributed by atoms with van der Waals surface area (Å²) in [6.07, 6.45) is 9.16. The number of anilines is 2. The van der Waals surface area contributed by atoms with Crippen molar-refractivity contribution in [2.24, 2.45) is 0 Å². The summed E-state index contributed by atoms with van der Waals surface area (Å²) in [4.78, 5) is 4.45. The van der Waals surface area contributed by atoms with Gasteiger partial charge in [0.25, 0.3) is 0 Å². The molecule has 0 saturated heterocycles. The average molecular weight is 320 g/mol. The molecule has 0 radical (unpaired) electrons. The normalized spacial score (nSPS) is 15.9. The number of benzene rings is 1. The van der Waals surface area contributed by atoms with Crippen LogP contribution in [0.2, 0.25) is 0 Å². The molecule has 0 bridgehead atoms. The van der Waals surface area contributed by atoms with Gasteiger partial charge >= 0.3 is 0 Å². The molecule has 0 amide bonds. The summed E-state index contributed by atoms with van der Waals surface area (Å²) in [6, 6.07) is 6.94. The number of nitrogens with zero attached hydrogens (tertiary/aromatic N) is 2. The summed E-state index contributed by atoms with van der Waals surface area (Å²) < 4.78 is 3.37. The largest absolute Gasteiger partial charge is 0.326 e. The Bertz CT molecular complexity index is 550. The zero-order valence-electron chi connectivity index (χ0n) is 11.1. The Morgan fingerprint density at radius 3 is 2.79 bits per heavy atom. The van der Waals surface area contributed by atoms with E-state index in [1.165, 1.54) is 31.2 Å². The Hall–Kier alpha value is -1.29. The molecule has 1 fully saturated rings. The lowest BCUT2D eigenvalue weighted by Gasteiger charge is -2.16. The van der Waals surface area contributed by atoms with Crippen molar-refractivity contribution in [1.29, 1.82) is 0 Å². The van der Waals surface area contributed by atoms with Crippen molar-refractivity contribution < 1.29 is 0 Å². The molecule has 0 unspecified atom stereocenters. The predicted octanol–water partition coefficient (Wildman–Crippen LogP) is 4.81. The van der Waals surface area contributed by atoms with Crippen LogP contribution in [0.15, 0.2) is 35.1 Å². The van der Waals surface area contributed by atoms with Crippen LogP contribution in [0, 0.1) is 6.92 Å². The number of imidazole rings is 1. The van der Waals surface area contributed by atoms with Gasteiger partial charge in [-0.2, -0.15) is 0 Å². The number of nitrogens with one attached hydrogen (secondary N) is 1. The fourth-order valence-electron chi connectivity index (χ4n) is 2.82. The molecule has 1 saturated carbocycles. The highest BCUT2D eigenvalue weighted by Gasteiger charge is 2.19. The molecule has 1 N–H and O–H groups in total. The maximum Gasteiger partial charge on any atom is 0.207 e. The number of hydrogen-bond acceptors (Lipinski definition) is 2. The zero-order valence-corrected chi connectivity index (χ0v) is 12.7. The van der Waals surface area contributed by atoms with Crippen molar-refractivity contribution in [2.45, 2.75) is 38.6 Å². The maximum absolute atomic E-state index is 4.45. The summed E-state index contributed by atoms with van der Waals surface area (Å²) in [7, 11) is 0. The van der Waals surface area contributed by atoms with Gasteiger partial charge in [-0.15, -0.1) is 0 Å². The third-order valence-electron chi connectivity index (χ3n) is 3.69. The van der Waals surface area contributed by atoms with Crippen LogP contribution in [0.3, 0.4) is 0 Å². The molecule has 2 aromatic rings. The topological polar surface area (TPSA) is 29.9 Å². The average Bonchev–Trinajstić information content (AvgIpc) is 2.96. The van der Waals surface area contributed by atoms with Gasteiger partial charge in [0.15, 0.2) is 0 Å². The van der Waals surface area contributed by atoms with E-state index in [0.717, 1.165) is 16.1 Å². The Balaban J connectivity index is 1.85. The molecule has 0 spiro atoms. The van der Waals surface area contributed by atoms with E-state index in [0.29, 0.717) is 6.04 Å². The first kappa shape index (κ1) is 12.7. The van der Waals surface area contributed by atoms with Crippen molar-refractivity contribution in [3.05, 3.63) is 40.6 Å².